The van der Waals surface area contributed by atoms with Crippen molar-refractivity contribution in [2.24, 2.45) is 5.10 Å². The number of carboxylic acid groups (broad SMARTS) is 1. The molecule has 9 nitrogen and oxygen atoms in total. The van der Waals surface area contributed by atoms with Gasteiger partial charge in [0.15, 0.2) is 11.5 Å². The number of hydrogen-bond donors (Lipinski definition) is 3. The average Bonchev–Trinajstić information content (AvgIpc) is 2.67. The van der Waals surface area contributed by atoms with Crippen LogP contribution in [0.5, 0.6) is 11.5 Å². The molecule has 28 heavy (non-hydrogen) atoms. The van der Waals surface area contributed by atoms with Crippen LogP contribution in [-0.2, 0) is 4.79 Å². The smallest absolute Gasteiger partial charge is 0.303 e. The molecule has 0 atom stereocenters. The molecule has 0 radical (unpaired) electrons. The summed E-state index contributed by atoms with van der Waals surface area (Å²) in [6.07, 6.45) is 4.09. The Balaban J connectivity index is 2.33. The maximum atomic E-state index is 10.7. The van der Waals surface area contributed by atoms with Crippen LogP contribution in [0.25, 0.3) is 10.9 Å². The number of carbonyl (C=O) groups is 1. The Hall–Kier alpha value is -3.07. The molecule has 0 saturated carbocycles. The Morgan fingerprint density at radius 1 is 1.39 bits per heavy atom. The third kappa shape index (κ3) is 5.98. The van der Waals surface area contributed by atoms with E-state index in [1.165, 1.54) is 6.33 Å². The largest absolute Gasteiger partial charge is 0.493 e. The zero-order valence-corrected chi connectivity index (χ0v) is 16.2. The van der Waals surface area contributed by atoms with Crippen LogP contribution >= 0.6 is 11.6 Å². The molecule has 1 heterocycles. The molecule has 1 aromatic heterocycles. The highest BCUT2D eigenvalue weighted by Crippen LogP contribution is 2.34. The third-order valence-electron chi connectivity index (χ3n) is 3.62. The van der Waals surface area contributed by atoms with Gasteiger partial charge in [0, 0.05) is 30.5 Å². The van der Waals surface area contributed by atoms with Crippen LogP contribution < -0.4 is 20.2 Å². The van der Waals surface area contributed by atoms with Crippen molar-refractivity contribution in [3.05, 3.63) is 30.4 Å². The number of aliphatic carboxylic acids is 1. The van der Waals surface area contributed by atoms with E-state index >= 15 is 0 Å². The van der Waals surface area contributed by atoms with Crippen molar-refractivity contribution in [2.75, 3.05) is 24.9 Å². The normalized spacial score (nSPS) is 11.1. The number of nitrogens with zero attached hydrogens (tertiary/aromatic N) is 3. The van der Waals surface area contributed by atoms with E-state index in [-0.39, 0.29) is 6.42 Å². The number of hydrazone groups is 1. The zero-order chi connectivity index (χ0) is 20.4. The number of nitrogens with one attached hydrogen (secondary N) is 2. The molecule has 0 aliphatic rings. The Morgan fingerprint density at radius 3 is 2.89 bits per heavy atom. The molecule has 0 saturated heterocycles. The van der Waals surface area contributed by atoms with E-state index in [2.05, 4.69) is 32.5 Å². The van der Waals surface area contributed by atoms with Crippen molar-refractivity contribution in [2.45, 2.75) is 19.3 Å². The lowest BCUT2D eigenvalue weighted by molar-refractivity contribution is -0.136. The molecule has 0 fully saturated rings. The molecule has 2 rings (SSSR count). The molecule has 3 N–H and O–H groups in total. The predicted molar refractivity (Wildman–Crippen MR) is 108 cm³/mol. The second-order valence-electron chi connectivity index (χ2n) is 5.58. The van der Waals surface area contributed by atoms with Gasteiger partial charge in [-0.15, -0.1) is 11.6 Å². The van der Waals surface area contributed by atoms with Crippen molar-refractivity contribution in [1.82, 2.24) is 15.4 Å². The van der Waals surface area contributed by atoms with Gasteiger partial charge in [0.05, 0.1) is 19.2 Å². The molecule has 10 heteroatoms. The van der Waals surface area contributed by atoms with Crippen LogP contribution in [0.2, 0.25) is 0 Å². The number of hydrogen-bond acceptors (Lipinski definition) is 8. The molecule has 0 unspecified atom stereocenters. The van der Waals surface area contributed by atoms with Crippen molar-refractivity contribution in [3.63, 3.8) is 0 Å². The van der Waals surface area contributed by atoms with Crippen LogP contribution in [0, 0.1) is 0 Å². The van der Waals surface area contributed by atoms with E-state index in [4.69, 9.17) is 26.2 Å². The van der Waals surface area contributed by atoms with E-state index in [9.17, 15) is 4.79 Å². The quantitative estimate of drug-likeness (QED) is 0.213. The number of benzene rings is 1. The molecular formula is C18H22ClN5O4. The second-order valence-corrected chi connectivity index (χ2v) is 5.96. The van der Waals surface area contributed by atoms with Crippen molar-refractivity contribution < 1.29 is 19.4 Å². The van der Waals surface area contributed by atoms with Crippen molar-refractivity contribution in [1.29, 1.82) is 0 Å². The molecular weight excluding hydrogens is 386 g/mol. The number of halogens is 1. The topological polar surface area (TPSA) is 118 Å². The van der Waals surface area contributed by atoms with Gasteiger partial charge in [0.1, 0.15) is 18.0 Å². The second kappa shape index (κ2) is 10.9. The van der Waals surface area contributed by atoms with Crippen molar-refractivity contribution >= 4 is 41.0 Å². The monoisotopic (exact) mass is 407 g/mol. The zero-order valence-electron chi connectivity index (χ0n) is 15.4. The summed E-state index contributed by atoms with van der Waals surface area (Å²) in [5.74, 6) is 1.67. The van der Waals surface area contributed by atoms with Crippen LogP contribution in [0.3, 0.4) is 0 Å². The summed E-state index contributed by atoms with van der Waals surface area (Å²) in [7, 11) is 1.55. The van der Waals surface area contributed by atoms with E-state index < -0.39 is 5.97 Å². The van der Waals surface area contributed by atoms with Crippen LogP contribution in [0.4, 0.5) is 5.82 Å². The summed E-state index contributed by atoms with van der Waals surface area (Å²) >= 11 is 5.69. The molecule has 0 spiro atoms. The van der Waals surface area contributed by atoms with Gasteiger partial charge >= 0.3 is 5.97 Å². The van der Waals surface area contributed by atoms with E-state index in [0.717, 1.165) is 0 Å². The SMILES string of the molecule is C=NN/C(=C\CCC(=O)O)Nc1ncnc2cc(OCCCCl)c(OC)cc12. The first-order valence-electron chi connectivity index (χ1n) is 8.51. The Labute approximate surface area is 167 Å². The molecule has 0 amide bonds. The highest BCUT2D eigenvalue weighted by atomic mass is 35.5. The highest BCUT2D eigenvalue weighted by Gasteiger charge is 2.12. The number of carboxylic acids is 1. The summed E-state index contributed by atoms with van der Waals surface area (Å²) in [5.41, 5.74) is 3.33. The lowest BCUT2D eigenvalue weighted by Gasteiger charge is -2.14. The summed E-state index contributed by atoms with van der Waals surface area (Å²) < 4.78 is 11.1. The summed E-state index contributed by atoms with van der Waals surface area (Å²) in [6.45, 7) is 3.85. The van der Waals surface area contributed by atoms with E-state index in [1.54, 1.807) is 25.3 Å². The van der Waals surface area contributed by atoms with Gasteiger partial charge < -0.3 is 19.9 Å². The Morgan fingerprint density at radius 2 is 2.21 bits per heavy atom. The van der Waals surface area contributed by atoms with E-state index in [1.807, 2.05) is 0 Å². The minimum Gasteiger partial charge on any atom is -0.493 e. The number of allylic oxidation sites excluding steroid dienone is 1. The first-order valence-corrected chi connectivity index (χ1v) is 9.04. The molecule has 150 valence electrons. The van der Waals surface area contributed by atoms with Gasteiger partial charge in [-0.25, -0.2) is 9.97 Å². The number of methoxy groups -OCH3 is 1. The van der Waals surface area contributed by atoms with Gasteiger partial charge in [-0.3, -0.25) is 10.2 Å². The van der Waals surface area contributed by atoms with Crippen LogP contribution in [-0.4, -0.2) is 47.4 Å². The fourth-order valence-electron chi connectivity index (χ4n) is 2.35. The van der Waals surface area contributed by atoms with E-state index in [0.29, 0.717) is 59.4 Å². The number of rotatable bonds is 12. The fraction of sp³-hybridized carbons (Fsp3) is 0.333. The first-order chi connectivity index (χ1) is 13.6. The number of alkyl halides is 1. The summed E-state index contributed by atoms with van der Waals surface area (Å²) in [5, 5.41) is 16.2. The number of aromatic nitrogens is 2. The lowest BCUT2D eigenvalue weighted by Crippen LogP contribution is -2.15. The van der Waals surface area contributed by atoms with Gasteiger partial charge in [0.2, 0.25) is 0 Å². The molecule has 0 aliphatic heterocycles. The first kappa shape index (κ1) is 21.2. The fourth-order valence-corrected chi connectivity index (χ4v) is 2.46. The van der Waals surface area contributed by atoms with Gasteiger partial charge in [-0.2, -0.15) is 5.10 Å². The predicted octanol–water partition coefficient (Wildman–Crippen LogP) is 2.97. The lowest BCUT2D eigenvalue weighted by atomic mass is 10.2. The minimum absolute atomic E-state index is 0.00858. The van der Waals surface area contributed by atoms with Gasteiger partial charge in [0.25, 0.3) is 0 Å². The average molecular weight is 408 g/mol. The van der Waals surface area contributed by atoms with Crippen molar-refractivity contribution in [3.8, 4) is 11.5 Å². The third-order valence-corrected chi connectivity index (χ3v) is 3.88. The standard InChI is InChI=1S/C18H22ClN5O4/c1-20-24-16(5-3-6-17(25)26)23-18-12-9-14(27-2)15(28-8-4-7-19)10-13(12)21-11-22-18/h5,9-11,24H,1,3-4,6-8H2,2H3,(H,25,26)(H,21,22,23)/b16-5-. The number of fused-ring (bicyclic) bond motifs is 1. The summed E-state index contributed by atoms with van der Waals surface area (Å²) in [6, 6.07) is 3.53. The highest BCUT2D eigenvalue weighted by molar-refractivity contribution is 6.17. The van der Waals surface area contributed by atoms with Crippen LogP contribution in [0.15, 0.2) is 35.5 Å². The number of ether oxygens (including phenoxy) is 2. The molecule has 1 aromatic carbocycles. The number of anilines is 1. The molecule has 0 bridgehead atoms. The van der Waals surface area contributed by atoms with Gasteiger partial charge in [-0.05, 0) is 25.0 Å². The Kier molecular flexibility index (Phi) is 8.29. The molecule has 2 aromatic rings. The molecule has 0 aliphatic carbocycles. The maximum Gasteiger partial charge on any atom is 0.303 e. The van der Waals surface area contributed by atoms with Gasteiger partial charge in [-0.1, -0.05) is 0 Å². The minimum atomic E-state index is -0.888. The Bertz CT molecular complexity index is 859. The van der Waals surface area contributed by atoms with Crippen LogP contribution in [0.1, 0.15) is 19.3 Å². The maximum absolute atomic E-state index is 10.7. The summed E-state index contributed by atoms with van der Waals surface area (Å²) in [4.78, 5) is 19.2.